The van der Waals surface area contributed by atoms with Crippen LogP contribution in [0.3, 0.4) is 0 Å². The summed E-state index contributed by atoms with van der Waals surface area (Å²) in [6, 6.07) is 0.354. The molecule has 0 spiro atoms. The maximum atomic E-state index is 12.1. The molecule has 1 heterocycles. The highest BCUT2D eigenvalue weighted by Gasteiger charge is 2.34. The Morgan fingerprint density at radius 3 is 2.21 bits per heavy atom. The van der Waals surface area contributed by atoms with Crippen molar-refractivity contribution in [1.29, 1.82) is 0 Å². The summed E-state index contributed by atoms with van der Waals surface area (Å²) < 4.78 is 0. The first-order valence-corrected chi connectivity index (χ1v) is 7.61. The van der Waals surface area contributed by atoms with Gasteiger partial charge in [-0.25, -0.2) is 0 Å². The van der Waals surface area contributed by atoms with Crippen molar-refractivity contribution < 1.29 is 4.79 Å². The Kier molecular flexibility index (Phi) is 7.06. The molecule has 1 aliphatic heterocycles. The van der Waals surface area contributed by atoms with Crippen LogP contribution >= 0.6 is 0 Å². The van der Waals surface area contributed by atoms with Gasteiger partial charge in [0.15, 0.2) is 0 Å². The summed E-state index contributed by atoms with van der Waals surface area (Å²) in [6.07, 6.45) is 1.80. The van der Waals surface area contributed by atoms with Crippen molar-refractivity contribution in [1.82, 2.24) is 10.2 Å². The van der Waals surface area contributed by atoms with Crippen LogP contribution in [-0.2, 0) is 4.79 Å². The van der Waals surface area contributed by atoms with Crippen LogP contribution in [0.15, 0.2) is 0 Å². The molecule has 1 unspecified atom stereocenters. The molecule has 1 amide bonds. The summed E-state index contributed by atoms with van der Waals surface area (Å²) in [5.41, 5.74) is 0.368. The van der Waals surface area contributed by atoms with Crippen LogP contribution < -0.4 is 5.32 Å². The van der Waals surface area contributed by atoms with Crippen LogP contribution in [0, 0.1) is 10.8 Å². The Labute approximate surface area is 120 Å². The number of amides is 1. The van der Waals surface area contributed by atoms with E-state index in [2.05, 4.69) is 39.9 Å². The standard InChI is InChI=1S/C14H28N2O.C2H6/c1-13(2,3)11(15-6)10-16-8-7-14(4,5)9-12(16)17;1-2/h11,15H,7-10H2,1-6H3;1-2H3. The van der Waals surface area contributed by atoms with E-state index in [1.54, 1.807) is 0 Å². The first-order chi connectivity index (χ1) is 8.65. The van der Waals surface area contributed by atoms with Gasteiger partial charge in [-0.05, 0) is 24.3 Å². The van der Waals surface area contributed by atoms with Gasteiger partial charge in [0, 0.05) is 25.6 Å². The third-order valence-corrected chi connectivity index (χ3v) is 3.84. The quantitative estimate of drug-likeness (QED) is 0.853. The van der Waals surface area contributed by atoms with Gasteiger partial charge in [-0.15, -0.1) is 0 Å². The molecular formula is C16H34N2O. The molecule has 0 saturated carbocycles. The molecule has 1 saturated heterocycles. The molecule has 114 valence electrons. The smallest absolute Gasteiger partial charge is 0.223 e. The normalized spacial score (nSPS) is 20.6. The van der Waals surface area contributed by atoms with Gasteiger partial charge in [-0.1, -0.05) is 48.5 Å². The van der Waals surface area contributed by atoms with E-state index in [4.69, 9.17) is 0 Å². The second kappa shape index (κ2) is 7.28. The summed E-state index contributed by atoms with van der Waals surface area (Å²) in [7, 11) is 1.98. The predicted octanol–water partition coefficient (Wildman–Crippen LogP) is 3.30. The number of nitrogens with zero attached hydrogens (tertiary/aromatic N) is 1. The van der Waals surface area contributed by atoms with Crippen LogP contribution in [0.2, 0.25) is 0 Å². The molecule has 0 aliphatic carbocycles. The van der Waals surface area contributed by atoms with Crippen LogP contribution in [0.1, 0.15) is 61.3 Å². The van der Waals surface area contributed by atoms with E-state index < -0.39 is 0 Å². The van der Waals surface area contributed by atoms with Gasteiger partial charge < -0.3 is 10.2 Å². The molecule has 3 nitrogen and oxygen atoms in total. The van der Waals surface area contributed by atoms with Gasteiger partial charge in [0.2, 0.25) is 5.91 Å². The van der Waals surface area contributed by atoms with Crippen molar-refractivity contribution >= 4 is 5.91 Å². The fourth-order valence-corrected chi connectivity index (χ4v) is 2.38. The molecule has 1 rings (SSSR count). The number of hydrogen-bond acceptors (Lipinski definition) is 2. The third-order valence-electron chi connectivity index (χ3n) is 3.84. The third kappa shape index (κ3) is 5.94. The first-order valence-electron chi connectivity index (χ1n) is 7.61. The SMILES string of the molecule is CC.CNC(CN1CCC(C)(C)CC1=O)C(C)(C)C. The van der Waals surface area contributed by atoms with E-state index in [0.29, 0.717) is 18.4 Å². The first kappa shape index (κ1) is 18.4. The van der Waals surface area contributed by atoms with Crippen molar-refractivity contribution in [2.75, 3.05) is 20.1 Å². The fraction of sp³-hybridized carbons (Fsp3) is 0.938. The van der Waals surface area contributed by atoms with Crippen molar-refractivity contribution in [3.8, 4) is 0 Å². The molecule has 1 atom stereocenters. The molecule has 0 bridgehead atoms. The fourth-order valence-electron chi connectivity index (χ4n) is 2.38. The lowest BCUT2D eigenvalue weighted by Gasteiger charge is -2.40. The molecule has 0 aromatic carbocycles. The highest BCUT2D eigenvalue weighted by Crippen LogP contribution is 2.31. The average Bonchev–Trinajstić information content (AvgIpc) is 2.28. The van der Waals surface area contributed by atoms with Gasteiger partial charge in [-0.3, -0.25) is 4.79 Å². The molecule has 1 N–H and O–H groups in total. The van der Waals surface area contributed by atoms with Crippen LogP contribution in [0.25, 0.3) is 0 Å². The number of piperidine rings is 1. The van der Waals surface area contributed by atoms with Crippen LogP contribution in [-0.4, -0.2) is 37.0 Å². The molecule has 19 heavy (non-hydrogen) atoms. The zero-order valence-electron chi connectivity index (χ0n) is 14.3. The highest BCUT2D eigenvalue weighted by atomic mass is 16.2. The average molecular weight is 270 g/mol. The summed E-state index contributed by atoms with van der Waals surface area (Å²) in [5, 5.41) is 3.34. The number of rotatable bonds is 3. The Hall–Kier alpha value is -0.570. The van der Waals surface area contributed by atoms with E-state index >= 15 is 0 Å². The number of likely N-dealkylation sites (N-methyl/N-ethyl adjacent to an activating group) is 1. The van der Waals surface area contributed by atoms with Gasteiger partial charge in [0.1, 0.15) is 0 Å². The van der Waals surface area contributed by atoms with E-state index in [0.717, 1.165) is 19.5 Å². The van der Waals surface area contributed by atoms with E-state index in [1.807, 2.05) is 25.8 Å². The van der Waals surface area contributed by atoms with E-state index in [1.165, 1.54) is 0 Å². The maximum Gasteiger partial charge on any atom is 0.223 e. The Morgan fingerprint density at radius 2 is 1.84 bits per heavy atom. The second-order valence-corrected chi connectivity index (χ2v) is 7.14. The highest BCUT2D eigenvalue weighted by molar-refractivity contribution is 5.77. The zero-order chi connectivity index (χ0) is 15.3. The van der Waals surface area contributed by atoms with Gasteiger partial charge in [0.25, 0.3) is 0 Å². The lowest BCUT2D eigenvalue weighted by molar-refractivity contribution is -0.137. The summed E-state index contributed by atoms with van der Waals surface area (Å²) >= 11 is 0. The second-order valence-electron chi connectivity index (χ2n) is 7.14. The van der Waals surface area contributed by atoms with Crippen molar-refractivity contribution in [3.63, 3.8) is 0 Å². The number of hydrogen-bond donors (Lipinski definition) is 1. The lowest BCUT2D eigenvalue weighted by Crippen LogP contribution is -2.51. The summed E-state index contributed by atoms with van der Waals surface area (Å²) in [6.45, 7) is 16.7. The van der Waals surface area contributed by atoms with Gasteiger partial charge in [-0.2, -0.15) is 0 Å². The molecule has 1 aliphatic rings. The summed E-state index contributed by atoms with van der Waals surface area (Å²) in [4.78, 5) is 14.1. The number of likely N-dealkylation sites (tertiary alicyclic amines) is 1. The Bertz CT molecular complexity index is 279. The summed E-state index contributed by atoms with van der Waals surface area (Å²) in [5.74, 6) is 0.311. The minimum absolute atomic E-state index is 0.183. The van der Waals surface area contributed by atoms with Crippen LogP contribution in [0.5, 0.6) is 0 Å². The molecule has 0 aromatic heterocycles. The Balaban J connectivity index is 0.00000154. The molecule has 3 heteroatoms. The molecular weight excluding hydrogens is 236 g/mol. The van der Waals surface area contributed by atoms with E-state index in [-0.39, 0.29) is 10.8 Å². The van der Waals surface area contributed by atoms with E-state index in [9.17, 15) is 4.79 Å². The number of nitrogens with one attached hydrogen (secondary N) is 1. The molecule has 1 fully saturated rings. The zero-order valence-corrected chi connectivity index (χ0v) is 14.3. The monoisotopic (exact) mass is 270 g/mol. The van der Waals surface area contributed by atoms with Gasteiger partial charge >= 0.3 is 0 Å². The van der Waals surface area contributed by atoms with Crippen molar-refractivity contribution in [2.24, 2.45) is 10.8 Å². The predicted molar refractivity (Wildman–Crippen MR) is 83.2 cm³/mol. The maximum absolute atomic E-state index is 12.1. The number of carbonyl (C=O) groups is 1. The van der Waals surface area contributed by atoms with Crippen LogP contribution in [0.4, 0.5) is 0 Å². The van der Waals surface area contributed by atoms with Crippen molar-refractivity contribution in [3.05, 3.63) is 0 Å². The Morgan fingerprint density at radius 1 is 1.32 bits per heavy atom. The topological polar surface area (TPSA) is 32.3 Å². The minimum Gasteiger partial charge on any atom is -0.341 e. The molecule has 0 radical (unpaired) electrons. The molecule has 0 aromatic rings. The largest absolute Gasteiger partial charge is 0.341 e. The van der Waals surface area contributed by atoms with Crippen molar-refractivity contribution in [2.45, 2.75) is 67.3 Å². The van der Waals surface area contributed by atoms with Gasteiger partial charge in [0.05, 0.1) is 0 Å². The minimum atomic E-state index is 0.183. The lowest BCUT2D eigenvalue weighted by atomic mass is 9.81. The number of carbonyl (C=O) groups excluding carboxylic acids is 1.